The standard InChI is InChI=1S/C68H46N2/c1-4-19-47(20-5-1)48-35-39-54(40-36-48)69(55-41-43-57(49-21-6-2-7-22-49)64(46-55)60-32-18-27-50-25-10-12-28-56(50)60)67-44-38-53(45-63(67)51-23-8-3-9-24-51)58-29-14-16-33-65(58)70-66-34-17-15-31-61(66)62-42-37-52-26-11-13-30-59(52)68(62)70/h1-46H. The highest BCUT2D eigenvalue weighted by atomic mass is 15.1. The van der Waals surface area contributed by atoms with E-state index in [1.54, 1.807) is 0 Å². The molecule has 0 aliphatic rings. The average Bonchev–Trinajstić information content (AvgIpc) is 3.79. The molecule has 1 heterocycles. The molecule has 0 radical (unpaired) electrons. The van der Waals surface area contributed by atoms with Gasteiger partial charge >= 0.3 is 0 Å². The van der Waals surface area contributed by atoms with Crippen molar-refractivity contribution in [2.45, 2.75) is 0 Å². The van der Waals surface area contributed by atoms with E-state index in [4.69, 9.17) is 0 Å². The van der Waals surface area contributed by atoms with Crippen LogP contribution in [0.15, 0.2) is 279 Å². The van der Waals surface area contributed by atoms with Crippen LogP contribution in [0, 0.1) is 0 Å². The Bertz CT molecular complexity index is 4030. The van der Waals surface area contributed by atoms with Gasteiger partial charge in [0.05, 0.1) is 22.4 Å². The summed E-state index contributed by atoms with van der Waals surface area (Å²) in [4.78, 5) is 2.45. The monoisotopic (exact) mass is 890 g/mol. The van der Waals surface area contributed by atoms with Crippen LogP contribution in [0.4, 0.5) is 17.1 Å². The third-order valence-electron chi connectivity index (χ3n) is 14.0. The van der Waals surface area contributed by atoms with E-state index >= 15 is 0 Å². The predicted octanol–water partition coefficient (Wildman–Crippen LogP) is 18.9. The van der Waals surface area contributed by atoms with Gasteiger partial charge in [-0.15, -0.1) is 0 Å². The molecule has 0 unspecified atom stereocenters. The summed E-state index contributed by atoms with van der Waals surface area (Å²) in [6.45, 7) is 0. The van der Waals surface area contributed by atoms with E-state index in [1.165, 1.54) is 76.7 Å². The minimum atomic E-state index is 1.07. The van der Waals surface area contributed by atoms with Crippen molar-refractivity contribution < 1.29 is 0 Å². The summed E-state index contributed by atoms with van der Waals surface area (Å²) >= 11 is 0. The van der Waals surface area contributed by atoms with Crippen molar-refractivity contribution in [3.8, 4) is 61.3 Å². The molecule has 328 valence electrons. The van der Waals surface area contributed by atoms with Gasteiger partial charge in [-0.2, -0.15) is 0 Å². The van der Waals surface area contributed by atoms with Crippen LogP contribution < -0.4 is 4.90 Å². The van der Waals surface area contributed by atoms with Crippen LogP contribution >= 0.6 is 0 Å². The second kappa shape index (κ2) is 17.4. The average molecular weight is 891 g/mol. The van der Waals surface area contributed by atoms with Gasteiger partial charge in [0.2, 0.25) is 0 Å². The van der Waals surface area contributed by atoms with Gasteiger partial charge in [-0.25, -0.2) is 0 Å². The van der Waals surface area contributed by atoms with Crippen LogP contribution in [0.2, 0.25) is 0 Å². The number of hydrogen-bond acceptors (Lipinski definition) is 1. The molecule has 1 aromatic heterocycles. The molecule has 70 heavy (non-hydrogen) atoms. The highest BCUT2D eigenvalue weighted by Gasteiger charge is 2.23. The maximum absolute atomic E-state index is 2.49. The fourth-order valence-corrected chi connectivity index (χ4v) is 10.7. The zero-order valence-electron chi connectivity index (χ0n) is 38.5. The van der Waals surface area contributed by atoms with Gasteiger partial charge < -0.3 is 9.47 Å². The molecule has 13 aromatic rings. The number of aromatic nitrogens is 1. The lowest BCUT2D eigenvalue weighted by atomic mass is 9.90. The van der Waals surface area contributed by atoms with E-state index in [-0.39, 0.29) is 0 Å². The number of para-hydroxylation sites is 2. The lowest BCUT2D eigenvalue weighted by molar-refractivity contribution is 1.19. The Labute approximate surface area is 408 Å². The number of fused-ring (bicyclic) bond motifs is 6. The lowest BCUT2D eigenvalue weighted by Crippen LogP contribution is -2.12. The minimum absolute atomic E-state index is 1.07. The summed E-state index contributed by atoms with van der Waals surface area (Å²) < 4.78 is 2.49. The number of hydrogen-bond donors (Lipinski definition) is 0. The van der Waals surface area contributed by atoms with E-state index in [1.807, 2.05) is 0 Å². The van der Waals surface area contributed by atoms with Crippen LogP contribution in [-0.2, 0) is 0 Å². The maximum atomic E-state index is 2.49. The summed E-state index contributed by atoms with van der Waals surface area (Å²) in [7, 11) is 0. The van der Waals surface area contributed by atoms with Gasteiger partial charge in [0.25, 0.3) is 0 Å². The van der Waals surface area contributed by atoms with Gasteiger partial charge in [-0.05, 0) is 109 Å². The molecule has 0 spiro atoms. The maximum Gasteiger partial charge on any atom is 0.0619 e. The topological polar surface area (TPSA) is 8.17 Å². The third kappa shape index (κ3) is 7.13. The van der Waals surface area contributed by atoms with Crippen molar-refractivity contribution in [3.63, 3.8) is 0 Å². The number of anilines is 3. The third-order valence-corrected chi connectivity index (χ3v) is 14.0. The molecule has 0 saturated carbocycles. The molecule has 13 rings (SSSR count). The first-order chi connectivity index (χ1) is 34.7. The Kier molecular flexibility index (Phi) is 10.2. The highest BCUT2D eigenvalue weighted by molar-refractivity contribution is 6.19. The second-order valence-electron chi connectivity index (χ2n) is 18.0. The van der Waals surface area contributed by atoms with Gasteiger partial charge in [-0.1, -0.05) is 231 Å². The van der Waals surface area contributed by atoms with Crippen molar-refractivity contribution in [2.75, 3.05) is 4.90 Å². The molecule has 0 amide bonds. The van der Waals surface area contributed by atoms with E-state index < -0.39 is 0 Å². The van der Waals surface area contributed by atoms with Crippen LogP contribution in [-0.4, -0.2) is 4.57 Å². The fraction of sp³-hybridized carbons (Fsp3) is 0. The fourth-order valence-electron chi connectivity index (χ4n) is 10.7. The minimum Gasteiger partial charge on any atom is -0.310 e. The van der Waals surface area contributed by atoms with E-state index in [0.29, 0.717) is 0 Å². The molecule has 0 aliphatic heterocycles. The SMILES string of the molecule is c1ccc(-c2ccc(N(c3ccc(-c4ccccc4)c(-c4cccc5ccccc45)c3)c3ccc(-c4ccccc4-n4c5ccccc5c5ccc6ccccc6c54)cc3-c3ccccc3)cc2)cc1. The first-order valence-electron chi connectivity index (χ1n) is 24.1. The first kappa shape index (κ1) is 41.0. The van der Waals surface area contributed by atoms with Crippen molar-refractivity contribution in [2.24, 2.45) is 0 Å². The summed E-state index contributed by atoms with van der Waals surface area (Å²) in [6, 6.07) is 102. The quantitative estimate of drug-likeness (QED) is 0.140. The van der Waals surface area contributed by atoms with E-state index in [2.05, 4.69) is 289 Å². The molecular weight excluding hydrogens is 845 g/mol. The largest absolute Gasteiger partial charge is 0.310 e. The molecule has 0 N–H and O–H groups in total. The molecule has 12 aromatic carbocycles. The Hall–Kier alpha value is -9.24. The molecular formula is C68H46N2. The normalized spacial score (nSPS) is 11.4. The van der Waals surface area contributed by atoms with Gasteiger partial charge in [0, 0.05) is 38.7 Å². The van der Waals surface area contributed by atoms with Crippen LogP contribution in [0.25, 0.3) is 105 Å². The Morgan fingerprint density at radius 1 is 0.257 bits per heavy atom. The molecule has 0 bridgehead atoms. The van der Waals surface area contributed by atoms with Crippen molar-refractivity contribution in [1.29, 1.82) is 0 Å². The smallest absolute Gasteiger partial charge is 0.0619 e. The Morgan fingerprint density at radius 2 is 0.800 bits per heavy atom. The predicted molar refractivity (Wildman–Crippen MR) is 298 cm³/mol. The molecule has 0 aliphatic carbocycles. The lowest BCUT2D eigenvalue weighted by Gasteiger charge is -2.30. The van der Waals surface area contributed by atoms with E-state index in [0.717, 1.165) is 45.0 Å². The first-order valence-corrected chi connectivity index (χ1v) is 24.1. The summed E-state index contributed by atoms with van der Waals surface area (Å²) in [5, 5.41) is 7.40. The van der Waals surface area contributed by atoms with Crippen molar-refractivity contribution in [1.82, 2.24) is 4.57 Å². The number of benzene rings is 12. The number of nitrogens with zero attached hydrogens (tertiary/aromatic N) is 2. The van der Waals surface area contributed by atoms with Gasteiger partial charge in [-0.3, -0.25) is 0 Å². The van der Waals surface area contributed by atoms with Crippen LogP contribution in [0.1, 0.15) is 0 Å². The summed E-state index contributed by atoms with van der Waals surface area (Å²) in [5.41, 5.74) is 18.4. The molecule has 0 saturated heterocycles. The van der Waals surface area contributed by atoms with Crippen LogP contribution in [0.5, 0.6) is 0 Å². The summed E-state index contributed by atoms with van der Waals surface area (Å²) in [5.74, 6) is 0. The van der Waals surface area contributed by atoms with Gasteiger partial charge in [0.1, 0.15) is 0 Å². The molecule has 0 atom stereocenters. The Balaban J connectivity index is 1.05. The Morgan fingerprint density at radius 3 is 1.56 bits per heavy atom. The molecule has 0 fully saturated rings. The zero-order chi connectivity index (χ0) is 46.4. The molecule has 2 heteroatoms. The van der Waals surface area contributed by atoms with Crippen LogP contribution in [0.3, 0.4) is 0 Å². The van der Waals surface area contributed by atoms with Gasteiger partial charge in [0.15, 0.2) is 0 Å². The molecule has 2 nitrogen and oxygen atoms in total. The number of rotatable bonds is 9. The second-order valence-corrected chi connectivity index (χ2v) is 18.0. The van der Waals surface area contributed by atoms with Crippen molar-refractivity contribution >= 4 is 60.4 Å². The highest BCUT2D eigenvalue weighted by Crippen LogP contribution is 2.47. The summed E-state index contributed by atoms with van der Waals surface area (Å²) in [6.07, 6.45) is 0. The zero-order valence-corrected chi connectivity index (χ0v) is 38.5. The van der Waals surface area contributed by atoms with Crippen molar-refractivity contribution in [3.05, 3.63) is 279 Å². The van der Waals surface area contributed by atoms with E-state index in [9.17, 15) is 0 Å².